The normalized spacial score (nSPS) is 25.6. The zero-order valence-corrected chi connectivity index (χ0v) is 11.9. The van der Waals surface area contributed by atoms with Gasteiger partial charge in [-0.3, -0.25) is 4.79 Å². The van der Waals surface area contributed by atoms with Crippen LogP contribution < -0.4 is 10.1 Å². The Bertz CT molecular complexity index is 516. The summed E-state index contributed by atoms with van der Waals surface area (Å²) in [5.41, 5.74) is 0.974. The SMILES string of the molecule is O=C(O)C1CNC(c2cccc(Cl)c2OCC2CC2)C1. The van der Waals surface area contributed by atoms with E-state index in [2.05, 4.69) is 5.32 Å². The Morgan fingerprint density at radius 3 is 2.90 bits per heavy atom. The van der Waals surface area contributed by atoms with E-state index < -0.39 is 5.97 Å². The van der Waals surface area contributed by atoms with Gasteiger partial charge in [-0.25, -0.2) is 0 Å². The maximum Gasteiger partial charge on any atom is 0.307 e. The topological polar surface area (TPSA) is 58.6 Å². The molecule has 1 aliphatic heterocycles. The van der Waals surface area contributed by atoms with Crippen LogP contribution in [0.15, 0.2) is 18.2 Å². The van der Waals surface area contributed by atoms with Crippen LogP contribution in [0.3, 0.4) is 0 Å². The van der Waals surface area contributed by atoms with Gasteiger partial charge in [0.2, 0.25) is 0 Å². The summed E-state index contributed by atoms with van der Waals surface area (Å²) in [5, 5.41) is 12.9. The minimum absolute atomic E-state index is 0.00371. The number of carbonyl (C=O) groups is 1. The van der Waals surface area contributed by atoms with Gasteiger partial charge in [-0.2, -0.15) is 0 Å². The molecule has 1 saturated heterocycles. The van der Waals surface area contributed by atoms with E-state index in [1.54, 1.807) is 0 Å². The Balaban J connectivity index is 1.77. The highest BCUT2D eigenvalue weighted by atomic mass is 35.5. The summed E-state index contributed by atoms with van der Waals surface area (Å²) in [7, 11) is 0. The van der Waals surface area contributed by atoms with Gasteiger partial charge in [-0.1, -0.05) is 23.7 Å². The Labute approximate surface area is 123 Å². The van der Waals surface area contributed by atoms with E-state index in [1.165, 1.54) is 12.8 Å². The van der Waals surface area contributed by atoms with Gasteiger partial charge in [-0.15, -0.1) is 0 Å². The molecular formula is C15H18ClNO3. The number of hydrogen-bond donors (Lipinski definition) is 2. The number of carboxylic acids is 1. The standard InChI is InChI=1S/C15H18ClNO3/c16-12-3-1-2-11(14(12)20-8-9-4-5-9)13-6-10(7-17-13)15(18)19/h1-3,9-10,13,17H,4-8H2,(H,18,19). The van der Waals surface area contributed by atoms with Gasteiger partial charge in [0.05, 0.1) is 17.5 Å². The third-order valence-electron chi connectivity index (χ3n) is 4.01. The second-order valence-corrected chi connectivity index (χ2v) is 6.05. The van der Waals surface area contributed by atoms with Crippen molar-refractivity contribution < 1.29 is 14.6 Å². The second kappa shape index (κ2) is 5.62. The van der Waals surface area contributed by atoms with Crippen LogP contribution >= 0.6 is 11.6 Å². The molecule has 2 atom stereocenters. The summed E-state index contributed by atoms with van der Waals surface area (Å²) in [6.45, 7) is 1.19. The van der Waals surface area contributed by atoms with Gasteiger partial charge < -0.3 is 15.2 Å². The van der Waals surface area contributed by atoms with Crippen LogP contribution in [-0.2, 0) is 4.79 Å². The summed E-state index contributed by atoms with van der Waals surface area (Å²) in [5.74, 6) is 0.282. The van der Waals surface area contributed by atoms with Crippen molar-refractivity contribution >= 4 is 17.6 Å². The number of halogens is 1. The molecule has 3 rings (SSSR count). The summed E-state index contributed by atoms with van der Waals surface area (Å²) in [6, 6.07) is 5.67. The molecule has 1 aromatic carbocycles. The zero-order chi connectivity index (χ0) is 14.1. The average Bonchev–Trinajstić information content (AvgIpc) is 3.11. The van der Waals surface area contributed by atoms with Crippen molar-refractivity contribution in [2.75, 3.05) is 13.2 Å². The van der Waals surface area contributed by atoms with Gasteiger partial charge in [-0.05, 0) is 31.2 Å². The van der Waals surface area contributed by atoms with Crippen molar-refractivity contribution in [2.24, 2.45) is 11.8 Å². The highest BCUT2D eigenvalue weighted by molar-refractivity contribution is 6.32. The molecule has 0 aromatic heterocycles. The van der Waals surface area contributed by atoms with Crippen LogP contribution in [0.4, 0.5) is 0 Å². The van der Waals surface area contributed by atoms with Crippen molar-refractivity contribution in [3.05, 3.63) is 28.8 Å². The van der Waals surface area contributed by atoms with Crippen LogP contribution in [-0.4, -0.2) is 24.2 Å². The quantitative estimate of drug-likeness (QED) is 0.877. The fraction of sp³-hybridized carbons (Fsp3) is 0.533. The Kier molecular flexibility index (Phi) is 3.85. The van der Waals surface area contributed by atoms with Crippen molar-refractivity contribution in [1.82, 2.24) is 5.32 Å². The van der Waals surface area contributed by atoms with Crippen molar-refractivity contribution in [1.29, 1.82) is 0 Å². The number of benzene rings is 1. The number of para-hydroxylation sites is 1. The molecule has 0 amide bonds. The van der Waals surface area contributed by atoms with E-state index in [0.29, 0.717) is 36.3 Å². The first-order valence-electron chi connectivity index (χ1n) is 7.02. The van der Waals surface area contributed by atoms with E-state index >= 15 is 0 Å². The maximum absolute atomic E-state index is 11.1. The van der Waals surface area contributed by atoms with Gasteiger partial charge in [0.25, 0.3) is 0 Å². The number of carboxylic acid groups (broad SMARTS) is 1. The minimum atomic E-state index is -0.748. The summed E-state index contributed by atoms with van der Waals surface area (Å²) in [6.07, 6.45) is 3.03. The summed E-state index contributed by atoms with van der Waals surface area (Å²) < 4.78 is 5.88. The van der Waals surface area contributed by atoms with E-state index in [0.717, 1.165) is 5.56 Å². The Morgan fingerprint density at radius 2 is 2.25 bits per heavy atom. The molecule has 2 N–H and O–H groups in total. The minimum Gasteiger partial charge on any atom is -0.491 e. The number of ether oxygens (including phenoxy) is 1. The fourth-order valence-corrected chi connectivity index (χ4v) is 2.84. The first-order valence-corrected chi connectivity index (χ1v) is 7.40. The van der Waals surface area contributed by atoms with Gasteiger partial charge in [0.1, 0.15) is 5.75 Å². The first kappa shape index (κ1) is 13.7. The lowest BCUT2D eigenvalue weighted by Gasteiger charge is -2.17. The molecule has 0 radical (unpaired) electrons. The Morgan fingerprint density at radius 1 is 1.45 bits per heavy atom. The fourth-order valence-electron chi connectivity index (χ4n) is 2.60. The van der Waals surface area contributed by atoms with Crippen molar-refractivity contribution in [2.45, 2.75) is 25.3 Å². The third kappa shape index (κ3) is 2.91. The number of hydrogen-bond acceptors (Lipinski definition) is 3. The van der Waals surface area contributed by atoms with Crippen molar-refractivity contribution in [3.8, 4) is 5.75 Å². The highest BCUT2D eigenvalue weighted by Crippen LogP contribution is 2.39. The van der Waals surface area contributed by atoms with Crippen LogP contribution in [0, 0.1) is 11.8 Å². The zero-order valence-electron chi connectivity index (χ0n) is 11.1. The molecule has 5 heteroatoms. The molecule has 0 spiro atoms. The van der Waals surface area contributed by atoms with E-state index in [-0.39, 0.29) is 12.0 Å². The lowest BCUT2D eigenvalue weighted by Crippen LogP contribution is -2.17. The predicted octanol–water partition coefficient (Wildman–Crippen LogP) is 2.86. The van der Waals surface area contributed by atoms with E-state index in [9.17, 15) is 4.79 Å². The monoisotopic (exact) mass is 295 g/mol. The lowest BCUT2D eigenvalue weighted by molar-refractivity contribution is -0.141. The average molecular weight is 296 g/mol. The molecule has 2 fully saturated rings. The third-order valence-corrected chi connectivity index (χ3v) is 4.31. The molecule has 4 nitrogen and oxygen atoms in total. The summed E-state index contributed by atoms with van der Waals surface area (Å²) in [4.78, 5) is 11.1. The molecule has 2 unspecified atom stereocenters. The summed E-state index contributed by atoms with van der Waals surface area (Å²) >= 11 is 6.24. The van der Waals surface area contributed by atoms with E-state index in [4.69, 9.17) is 21.4 Å². The molecule has 1 saturated carbocycles. The first-order chi connectivity index (χ1) is 9.65. The molecule has 2 aliphatic rings. The molecule has 108 valence electrons. The van der Waals surface area contributed by atoms with Crippen LogP contribution in [0.25, 0.3) is 0 Å². The largest absolute Gasteiger partial charge is 0.491 e. The lowest BCUT2D eigenvalue weighted by atomic mass is 9.99. The number of nitrogens with one attached hydrogen (secondary N) is 1. The van der Waals surface area contributed by atoms with Crippen LogP contribution in [0.5, 0.6) is 5.75 Å². The van der Waals surface area contributed by atoms with Gasteiger partial charge in [0.15, 0.2) is 0 Å². The molecule has 1 aliphatic carbocycles. The van der Waals surface area contributed by atoms with Gasteiger partial charge >= 0.3 is 5.97 Å². The molecule has 1 aromatic rings. The molecule has 0 bridgehead atoms. The molecule has 1 heterocycles. The number of rotatable bonds is 5. The highest BCUT2D eigenvalue weighted by Gasteiger charge is 2.32. The van der Waals surface area contributed by atoms with Crippen LogP contribution in [0.1, 0.15) is 30.9 Å². The molecular weight excluding hydrogens is 278 g/mol. The second-order valence-electron chi connectivity index (χ2n) is 5.64. The van der Waals surface area contributed by atoms with E-state index in [1.807, 2.05) is 18.2 Å². The van der Waals surface area contributed by atoms with Crippen molar-refractivity contribution in [3.63, 3.8) is 0 Å². The maximum atomic E-state index is 11.1. The Hall–Kier alpha value is -1.26. The number of aliphatic carboxylic acids is 1. The van der Waals surface area contributed by atoms with Gasteiger partial charge in [0, 0.05) is 18.2 Å². The smallest absolute Gasteiger partial charge is 0.307 e. The molecule has 20 heavy (non-hydrogen) atoms. The predicted molar refractivity (Wildman–Crippen MR) is 76.2 cm³/mol. The van der Waals surface area contributed by atoms with Crippen LogP contribution in [0.2, 0.25) is 5.02 Å².